The van der Waals surface area contributed by atoms with Crippen molar-refractivity contribution in [3.8, 4) is 17.2 Å². The van der Waals surface area contributed by atoms with Gasteiger partial charge in [-0.15, -0.1) is 0 Å². The van der Waals surface area contributed by atoms with Gasteiger partial charge in [-0.25, -0.2) is 13.4 Å². The van der Waals surface area contributed by atoms with E-state index in [0.29, 0.717) is 31.5 Å². The van der Waals surface area contributed by atoms with E-state index < -0.39 is 10.0 Å². The van der Waals surface area contributed by atoms with Gasteiger partial charge in [0, 0.05) is 48.8 Å². The summed E-state index contributed by atoms with van der Waals surface area (Å²) < 4.78 is 27.3. The van der Waals surface area contributed by atoms with Gasteiger partial charge in [-0.1, -0.05) is 18.2 Å². The summed E-state index contributed by atoms with van der Waals surface area (Å²) in [5.74, 6) is 0. The molecule has 0 unspecified atom stereocenters. The van der Waals surface area contributed by atoms with Crippen LogP contribution >= 0.6 is 0 Å². The van der Waals surface area contributed by atoms with Crippen molar-refractivity contribution in [2.45, 2.75) is 23.9 Å². The number of piperidine rings is 1. The summed E-state index contributed by atoms with van der Waals surface area (Å²) in [6.07, 6.45) is 6.47. The molecule has 1 aliphatic rings. The van der Waals surface area contributed by atoms with Crippen molar-refractivity contribution in [3.63, 3.8) is 0 Å². The summed E-state index contributed by atoms with van der Waals surface area (Å²) in [7, 11) is -3.58. The SMILES string of the molecule is N#Cc1cccc(-c2cc(NC3CCN(S(=O)(=O)c4ccccn4)CC3)c3cnccc3c2)c1. The van der Waals surface area contributed by atoms with Gasteiger partial charge in [-0.3, -0.25) is 4.98 Å². The van der Waals surface area contributed by atoms with Crippen LogP contribution in [0.2, 0.25) is 0 Å². The fraction of sp³-hybridized carbons (Fsp3) is 0.192. The highest BCUT2D eigenvalue weighted by Gasteiger charge is 2.30. The number of rotatable bonds is 5. The fourth-order valence-electron chi connectivity index (χ4n) is 4.35. The third kappa shape index (κ3) is 4.36. The molecule has 4 aromatic rings. The van der Waals surface area contributed by atoms with Crippen molar-refractivity contribution >= 4 is 26.5 Å². The first kappa shape index (κ1) is 22.0. The van der Waals surface area contributed by atoms with Crippen LogP contribution in [0.3, 0.4) is 0 Å². The van der Waals surface area contributed by atoms with E-state index in [1.165, 1.54) is 16.6 Å². The molecule has 34 heavy (non-hydrogen) atoms. The van der Waals surface area contributed by atoms with Crippen molar-refractivity contribution in [1.29, 1.82) is 5.26 Å². The lowest BCUT2D eigenvalue weighted by molar-refractivity contribution is 0.329. The van der Waals surface area contributed by atoms with Gasteiger partial charge in [0.25, 0.3) is 10.0 Å². The number of nitriles is 1. The maximum atomic E-state index is 12.9. The molecule has 0 spiro atoms. The largest absolute Gasteiger partial charge is 0.382 e. The van der Waals surface area contributed by atoms with Gasteiger partial charge in [0.2, 0.25) is 0 Å². The Balaban J connectivity index is 1.39. The first-order valence-corrected chi connectivity index (χ1v) is 12.5. The van der Waals surface area contributed by atoms with Crippen LogP contribution in [0.15, 0.2) is 84.3 Å². The molecule has 3 heterocycles. The molecule has 8 heteroatoms. The van der Waals surface area contributed by atoms with Crippen LogP contribution in [0, 0.1) is 11.3 Å². The number of sulfonamides is 1. The second-order valence-electron chi connectivity index (χ2n) is 8.30. The Labute approximate surface area is 198 Å². The monoisotopic (exact) mass is 469 g/mol. The van der Waals surface area contributed by atoms with E-state index in [2.05, 4.69) is 33.5 Å². The van der Waals surface area contributed by atoms with Crippen molar-refractivity contribution < 1.29 is 8.42 Å². The Hall–Kier alpha value is -3.80. The highest BCUT2D eigenvalue weighted by atomic mass is 32.2. The van der Waals surface area contributed by atoms with Gasteiger partial charge >= 0.3 is 0 Å². The molecule has 1 N–H and O–H groups in total. The molecule has 5 rings (SSSR count). The molecule has 0 saturated carbocycles. The third-order valence-corrected chi connectivity index (χ3v) is 7.95. The predicted octanol–water partition coefficient (Wildman–Crippen LogP) is 4.43. The summed E-state index contributed by atoms with van der Waals surface area (Å²) in [5.41, 5.74) is 3.54. The minimum Gasteiger partial charge on any atom is -0.382 e. The highest BCUT2D eigenvalue weighted by molar-refractivity contribution is 7.89. The van der Waals surface area contributed by atoms with E-state index in [9.17, 15) is 13.7 Å². The molecule has 0 atom stereocenters. The number of benzene rings is 2. The molecule has 0 radical (unpaired) electrons. The maximum Gasteiger partial charge on any atom is 0.260 e. The van der Waals surface area contributed by atoms with Gasteiger partial charge in [0.05, 0.1) is 11.6 Å². The molecule has 1 saturated heterocycles. The second kappa shape index (κ2) is 9.21. The number of anilines is 1. The molecule has 1 aliphatic heterocycles. The number of nitrogens with one attached hydrogen (secondary N) is 1. The Bertz CT molecular complexity index is 1470. The standard InChI is InChI=1S/C26H23N5O2S/c27-17-19-4-3-5-20(14-19)22-15-21-7-11-28-18-24(21)25(16-22)30-23-8-12-31(13-9-23)34(32,33)26-6-1-2-10-29-26/h1-7,10-11,14-16,18,23,30H,8-9,12-13H2. The molecular formula is C26H23N5O2S. The number of aromatic nitrogens is 2. The van der Waals surface area contributed by atoms with Gasteiger partial charge in [-0.05, 0) is 71.8 Å². The van der Waals surface area contributed by atoms with Crippen LogP contribution < -0.4 is 5.32 Å². The molecule has 0 bridgehead atoms. The van der Waals surface area contributed by atoms with Gasteiger partial charge in [0.15, 0.2) is 5.03 Å². The van der Waals surface area contributed by atoms with E-state index in [-0.39, 0.29) is 11.1 Å². The number of fused-ring (bicyclic) bond motifs is 1. The molecule has 7 nitrogen and oxygen atoms in total. The van der Waals surface area contributed by atoms with E-state index in [0.717, 1.165) is 27.6 Å². The first-order valence-electron chi connectivity index (χ1n) is 11.1. The van der Waals surface area contributed by atoms with Crippen molar-refractivity contribution in [2.75, 3.05) is 18.4 Å². The van der Waals surface area contributed by atoms with Crippen LogP contribution in [0.1, 0.15) is 18.4 Å². The summed E-state index contributed by atoms with van der Waals surface area (Å²) in [4.78, 5) is 8.32. The quantitative estimate of drug-likeness (QED) is 0.464. The Kier molecular flexibility index (Phi) is 5.97. The van der Waals surface area contributed by atoms with E-state index in [4.69, 9.17) is 0 Å². The lowest BCUT2D eigenvalue weighted by Crippen LogP contribution is -2.42. The van der Waals surface area contributed by atoms with Crippen LogP contribution in [0.4, 0.5) is 5.69 Å². The Morgan fingerprint density at radius 2 is 1.82 bits per heavy atom. The molecule has 170 valence electrons. The summed E-state index contributed by atoms with van der Waals surface area (Å²) in [5, 5.41) is 15.1. The van der Waals surface area contributed by atoms with E-state index in [1.54, 1.807) is 24.4 Å². The average Bonchev–Trinajstić information content (AvgIpc) is 2.89. The topological polar surface area (TPSA) is 99.0 Å². The van der Waals surface area contributed by atoms with Crippen LogP contribution in [0.5, 0.6) is 0 Å². The second-order valence-corrected chi connectivity index (χ2v) is 10.2. The zero-order chi connectivity index (χ0) is 23.5. The van der Waals surface area contributed by atoms with E-state index in [1.807, 2.05) is 30.5 Å². The minimum atomic E-state index is -3.58. The molecule has 2 aromatic carbocycles. The average molecular weight is 470 g/mol. The van der Waals surface area contributed by atoms with Crippen molar-refractivity contribution in [2.24, 2.45) is 0 Å². The molecule has 0 aliphatic carbocycles. The lowest BCUT2D eigenvalue weighted by Gasteiger charge is -2.32. The van der Waals surface area contributed by atoms with Crippen molar-refractivity contribution in [3.05, 3.63) is 84.8 Å². The predicted molar refractivity (Wildman–Crippen MR) is 132 cm³/mol. The van der Waals surface area contributed by atoms with Crippen LogP contribution in [-0.4, -0.2) is 41.8 Å². The first-order chi connectivity index (χ1) is 16.5. The maximum absolute atomic E-state index is 12.9. The lowest BCUT2D eigenvalue weighted by atomic mass is 9.98. The summed E-state index contributed by atoms with van der Waals surface area (Å²) in [6, 6.07) is 21.0. The zero-order valence-electron chi connectivity index (χ0n) is 18.4. The molecule has 1 fully saturated rings. The van der Waals surface area contributed by atoms with Gasteiger partial charge < -0.3 is 5.32 Å². The number of hydrogen-bond donors (Lipinski definition) is 1. The number of pyridine rings is 2. The normalized spacial score (nSPS) is 15.1. The van der Waals surface area contributed by atoms with Crippen LogP contribution in [-0.2, 0) is 10.0 Å². The molecular weight excluding hydrogens is 446 g/mol. The van der Waals surface area contributed by atoms with E-state index >= 15 is 0 Å². The van der Waals surface area contributed by atoms with Crippen LogP contribution in [0.25, 0.3) is 21.9 Å². The molecule has 2 aromatic heterocycles. The Morgan fingerprint density at radius 3 is 2.59 bits per heavy atom. The summed E-state index contributed by atoms with van der Waals surface area (Å²) >= 11 is 0. The minimum absolute atomic E-state index is 0.0887. The van der Waals surface area contributed by atoms with Crippen molar-refractivity contribution in [1.82, 2.24) is 14.3 Å². The van der Waals surface area contributed by atoms with Gasteiger partial charge in [0.1, 0.15) is 0 Å². The van der Waals surface area contributed by atoms with Gasteiger partial charge in [-0.2, -0.15) is 9.57 Å². The summed E-state index contributed by atoms with van der Waals surface area (Å²) in [6.45, 7) is 0.854. The highest BCUT2D eigenvalue weighted by Crippen LogP contribution is 2.32. The Morgan fingerprint density at radius 1 is 0.971 bits per heavy atom. The molecule has 0 amide bonds. The smallest absolute Gasteiger partial charge is 0.260 e. The zero-order valence-corrected chi connectivity index (χ0v) is 19.2. The third-order valence-electron chi connectivity index (χ3n) is 6.14. The number of nitrogens with zero attached hydrogens (tertiary/aromatic N) is 4. The number of hydrogen-bond acceptors (Lipinski definition) is 6. The fourth-order valence-corrected chi connectivity index (χ4v) is 5.75.